The molecule has 0 fully saturated rings. The number of pyridine rings is 1. The molecule has 3 heterocycles. The highest BCUT2D eigenvalue weighted by atomic mass is 19.1. The molecule has 0 aliphatic carbocycles. The lowest BCUT2D eigenvalue weighted by Gasteiger charge is -2.09. The summed E-state index contributed by atoms with van der Waals surface area (Å²) in [5.74, 6) is -0.166. The quantitative estimate of drug-likeness (QED) is 0.434. The van der Waals surface area contributed by atoms with Crippen molar-refractivity contribution in [2.45, 2.75) is 13.5 Å². The Morgan fingerprint density at radius 3 is 2.70 bits per heavy atom. The van der Waals surface area contributed by atoms with E-state index < -0.39 is 0 Å². The molecule has 0 aliphatic rings. The van der Waals surface area contributed by atoms with Gasteiger partial charge in [-0.25, -0.2) is 9.37 Å². The van der Waals surface area contributed by atoms with E-state index in [4.69, 9.17) is 4.98 Å². The largest absolute Gasteiger partial charge is 0.305 e. The molecule has 3 aromatic heterocycles. The first-order chi connectivity index (χ1) is 16.0. The number of anilines is 1. The molecule has 5 aromatic rings. The zero-order chi connectivity index (χ0) is 22.9. The maximum absolute atomic E-state index is 13.4. The van der Waals surface area contributed by atoms with Gasteiger partial charge in [0.2, 0.25) is 0 Å². The van der Waals surface area contributed by atoms with E-state index in [2.05, 4.69) is 15.5 Å². The molecular weight excluding hydrogens is 419 g/mol. The Morgan fingerprint density at radius 1 is 1.06 bits per heavy atom. The highest BCUT2D eigenvalue weighted by Crippen LogP contribution is 2.27. The standard InChI is InChI=1S/C25H21FN6O/c1-16-21(15-31(2)29-16)23-13-20(19-8-3-4-9-22(19)27-23)25(33)28-24-10-11-32(30-24)14-17-6-5-7-18(26)12-17/h3-13,15H,14H2,1-2H3,(H,28,30,33). The van der Waals surface area contributed by atoms with Gasteiger partial charge in [0.15, 0.2) is 5.82 Å². The van der Waals surface area contributed by atoms with Crippen molar-refractivity contribution in [2.24, 2.45) is 7.05 Å². The first kappa shape index (κ1) is 20.6. The van der Waals surface area contributed by atoms with E-state index in [1.54, 1.807) is 33.8 Å². The Balaban J connectivity index is 1.45. The summed E-state index contributed by atoms with van der Waals surface area (Å²) in [6, 6.07) is 17.4. The molecule has 8 heteroatoms. The Bertz CT molecular complexity index is 1490. The Hall–Kier alpha value is -4.33. The number of nitrogens with one attached hydrogen (secondary N) is 1. The second kappa shape index (κ2) is 8.31. The van der Waals surface area contributed by atoms with Gasteiger partial charge in [0.25, 0.3) is 5.91 Å². The number of amides is 1. The summed E-state index contributed by atoms with van der Waals surface area (Å²) in [6.07, 6.45) is 3.64. The van der Waals surface area contributed by atoms with Crippen LogP contribution in [0.2, 0.25) is 0 Å². The van der Waals surface area contributed by atoms with E-state index in [0.717, 1.165) is 27.7 Å². The Kier molecular flexibility index (Phi) is 5.18. The highest BCUT2D eigenvalue weighted by molar-refractivity contribution is 6.12. The topological polar surface area (TPSA) is 77.6 Å². The summed E-state index contributed by atoms with van der Waals surface area (Å²) >= 11 is 0. The highest BCUT2D eigenvalue weighted by Gasteiger charge is 2.17. The lowest BCUT2D eigenvalue weighted by atomic mass is 10.0. The van der Waals surface area contributed by atoms with E-state index in [-0.39, 0.29) is 11.7 Å². The van der Waals surface area contributed by atoms with Crippen LogP contribution in [-0.2, 0) is 13.6 Å². The van der Waals surface area contributed by atoms with E-state index in [9.17, 15) is 9.18 Å². The summed E-state index contributed by atoms with van der Waals surface area (Å²) in [5.41, 5.74) is 4.40. The molecule has 1 N–H and O–H groups in total. The third-order valence-corrected chi connectivity index (χ3v) is 5.37. The minimum absolute atomic E-state index is 0.285. The number of rotatable bonds is 5. The van der Waals surface area contributed by atoms with Gasteiger partial charge in [0.05, 0.1) is 29.0 Å². The van der Waals surface area contributed by atoms with Crippen molar-refractivity contribution in [2.75, 3.05) is 5.32 Å². The fourth-order valence-corrected chi connectivity index (χ4v) is 3.87. The van der Waals surface area contributed by atoms with Gasteiger partial charge in [-0.05, 0) is 36.8 Å². The number of para-hydroxylation sites is 1. The smallest absolute Gasteiger partial charge is 0.257 e. The lowest BCUT2D eigenvalue weighted by Crippen LogP contribution is -2.14. The molecule has 33 heavy (non-hydrogen) atoms. The van der Waals surface area contributed by atoms with Gasteiger partial charge in [-0.1, -0.05) is 30.3 Å². The fourth-order valence-electron chi connectivity index (χ4n) is 3.87. The Morgan fingerprint density at radius 2 is 1.91 bits per heavy atom. The summed E-state index contributed by atoms with van der Waals surface area (Å²) in [4.78, 5) is 18.0. The number of benzene rings is 2. The average Bonchev–Trinajstić information content (AvgIpc) is 3.37. The van der Waals surface area contributed by atoms with Crippen LogP contribution < -0.4 is 5.32 Å². The minimum atomic E-state index is -0.294. The van der Waals surface area contributed by atoms with E-state index in [1.165, 1.54) is 12.1 Å². The molecule has 2 aromatic carbocycles. The monoisotopic (exact) mass is 440 g/mol. The molecule has 0 radical (unpaired) electrons. The van der Waals surface area contributed by atoms with Crippen molar-refractivity contribution in [1.82, 2.24) is 24.5 Å². The SMILES string of the molecule is Cc1nn(C)cc1-c1cc(C(=O)Nc2ccn(Cc3cccc(F)c3)n2)c2ccccc2n1. The predicted octanol–water partition coefficient (Wildman–Crippen LogP) is 4.58. The predicted molar refractivity (Wildman–Crippen MR) is 124 cm³/mol. The number of nitrogens with zero attached hydrogens (tertiary/aromatic N) is 5. The maximum Gasteiger partial charge on any atom is 0.257 e. The van der Waals surface area contributed by atoms with Crippen molar-refractivity contribution >= 4 is 22.6 Å². The van der Waals surface area contributed by atoms with Gasteiger partial charge in [0, 0.05) is 36.5 Å². The zero-order valence-corrected chi connectivity index (χ0v) is 18.2. The van der Waals surface area contributed by atoms with Crippen LogP contribution in [0, 0.1) is 12.7 Å². The minimum Gasteiger partial charge on any atom is -0.305 e. The molecule has 1 amide bonds. The molecule has 0 saturated heterocycles. The van der Waals surface area contributed by atoms with Crippen LogP contribution in [-0.4, -0.2) is 30.5 Å². The van der Waals surface area contributed by atoms with Crippen molar-refractivity contribution in [1.29, 1.82) is 0 Å². The van der Waals surface area contributed by atoms with Gasteiger partial charge in [-0.3, -0.25) is 14.2 Å². The van der Waals surface area contributed by atoms with Crippen molar-refractivity contribution in [3.05, 3.63) is 95.7 Å². The van der Waals surface area contributed by atoms with Gasteiger partial charge < -0.3 is 5.32 Å². The lowest BCUT2D eigenvalue weighted by molar-refractivity contribution is 0.102. The number of hydrogen-bond acceptors (Lipinski definition) is 4. The molecule has 0 saturated carbocycles. The van der Waals surface area contributed by atoms with E-state index >= 15 is 0 Å². The molecule has 0 aliphatic heterocycles. The number of halogens is 1. The molecule has 164 valence electrons. The van der Waals surface area contributed by atoms with Gasteiger partial charge in [-0.2, -0.15) is 10.2 Å². The number of aromatic nitrogens is 5. The summed E-state index contributed by atoms with van der Waals surface area (Å²) < 4.78 is 16.8. The van der Waals surface area contributed by atoms with Crippen LogP contribution in [0.25, 0.3) is 22.2 Å². The Labute approximate surface area is 189 Å². The molecule has 0 spiro atoms. The van der Waals surface area contributed by atoms with Crippen LogP contribution >= 0.6 is 0 Å². The normalized spacial score (nSPS) is 11.1. The van der Waals surface area contributed by atoms with Gasteiger partial charge in [0.1, 0.15) is 5.82 Å². The third-order valence-electron chi connectivity index (χ3n) is 5.37. The zero-order valence-electron chi connectivity index (χ0n) is 18.2. The first-order valence-electron chi connectivity index (χ1n) is 10.5. The number of aryl methyl sites for hydroxylation is 2. The van der Waals surface area contributed by atoms with Crippen LogP contribution in [0.3, 0.4) is 0 Å². The van der Waals surface area contributed by atoms with Crippen molar-refractivity contribution < 1.29 is 9.18 Å². The maximum atomic E-state index is 13.4. The summed E-state index contributed by atoms with van der Waals surface area (Å²) in [7, 11) is 1.85. The molecule has 7 nitrogen and oxygen atoms in total. The molecule has 0 bridgehead atoms. The van der Waals surface area contributed by atoms with Crippen LogP contribution in [0.15, 0.2) is 73.1 Å². The molecule has 0 atom stereocenters. The number of fused-ring (bicyclic) bond motifs is 1. The number of carbonyl (C=O) groups is 1. The second-order valence-corrected chi connectivity index (χ2v) is 7.86. The van der Waals surface area contributed by atoms with Gasteiger partial charge >= 0.3 is 0 Å². The molecule has 5 rings (SSSR count). The average molecular weight is 440 g/mol. The van der Waals surface area contributed by atoms with Crippen LogP contribution in [0.4, 0.5) is 10.2 Å². The second-order valence-electron chi connectivity index (χ2n) is 7.86. The number of hydrogen-bond donors (Lipinski definition) is 1. The third kappa shape index (κ3) is 4.23. The van der Waals surface area contributed by atoms with Gasteiger partial charge in [-0.15, -0.1) is 0 Å². The van der Waals surface area contributed by atoms with Crippen LogP contribution in [0.1, 0.15) is 21.6 Å². The summed E-state index contributed by atoms with van der Waals surface area (Å²) in [6.45, 7) is 2.31. The van der Waals surface area contributed by atoms with Crippen molar-refractivity contribution in [3.8, 4) is 11.3 Å². The first-order valence-corrected chi connectivity index (χ1v) is 10.5. The van der Waals surface area contributed by atoms with E-state index in [1.807, 2.05) is 50.5 Å². The molecular formula is C25H21FN6O. The number of carbonyl (C=O) groups excluding carboxylic acids is 1. The molecule has 0 unspecified atom stereocenters. The summed E-state index contributed by atoms with van der Waals surface area (Å²) in [5, 5.41) is 12.4. The van der Waals surface area contributed by atoms with Crippen LogP contribution in [0.5, 0.6) is 0 Å². The van der Waals surface area contributed by atoms with E-state index in [0.29, 0.717) is 23.6 Å². The van der Waals surface area contributed by atoms with Crippen molar-refractivity contribution in [3.63, 3.8) is 0 Å². The fraction of sp³-hybridized carbons (Fsp3) is 0.120.